The third kappa shape index (κ3) is 5.76. The predicted octanol–water partition coefficient (Wildman–Crippen LogP) is 4.43. The molecule has 2 aromatic carbocycles. The van der Waals surface area contributed by atoms with Gasteiger partial charge in [0.2, 0.25) is 6.29 Å². The Morgan fingerprint density at radius 1 is 0.905 bits per heavy atom. The minimum Gasteiger partial charge on any atom is -0.251 e. The van der Waals surface area contributed by atoms with E-state index in [0.717, 1.165) is 13.1 Å². The predicted molar refractivity (Wildman–Crippen MR) is 86.2 cm³/mol. The maximum Gasteiger partial charge on any atom is 0.524 e. The molecule has 1 atom stereocenters. The van der Waals surface area contributed by atoms with Gasteiger partial charge >= 0.3 is 8.03 Å². The van der Waals surface area contributed by atoms with Crippen LogP contribution in [-0.2, 0) is 22.2 Å². The van der Waals surface area contributed by atoms with E-state index in [1.807, 2.05) is 43.3 Å². The van der Waals surface area contributed by atoms with Crippen LogP contribution >= 0.6 is 8.03 Å². The molecule has 0 aliphatic rings. The van der Waals surface area contributed by atoms with Crippen molar-refractivity contribution in [3.05, 3.63) is 71.8 Å². The van der Waals surface area contributed by atoms with Crippen LogP contribution in [0.4, 0.5) is 0 Å². The van der Waals surface area contributed by atoms with Crippen molar-refractivity contribution >= 4 is 8.03 Å². The van der Waals surface area contributed by atoms with Crippen molar-refractivity contribution in [2.24, 2.45) is 0 Å². The standard InChI is InChI=1S/C17H21NO2P/c1-2-20-21(19)15-18(13-16-9-5-3-6-10-16)14-17-11-7-4-8-12-17/h3-12H,2,13-15H2,1H3/q+1. The summed E-state index contributed by atoms with van der Waals surface area (Å²) in [6, 6.07) is 20.5. The average Bonchev–Trinajstić information content (AvgIpc) is 2.49. The molecule has 0 bridgehead atoms. The smallest absolute Gasteiger partial charge is 0.251 e. The van der Waals surface area contributed by atoms with Gasteiger partial charge in [0.25, 0.3) is 0 Å². The van der Waals surface area contributed by atoms with E-state index in [2.05, 4.69) is 29.2 Å². The number of nitrogens with zero attached hydrogens (tertiary/aromatic N) is 1. The molecule has 0 saturated heterocycles. The van der Waals surface area contributed by atoms with Crippen LogP contribution in [0.2, 0.25) is 0 Å². The van der Waals surface area contributed by atoms with E-state index < -0.39 is 8.03 Å². The Bertz CT molecular complexity index is 504. The molecule has 3 nitrogen and oxygen atoms in total. The summed E-state index contributed by atoms with van der Waals surface area (Å²) in [5.74, 6) is 0. The zero-order valence-electron chi connectivity index (χ0n) is 12.3. The molecule has 0 aliphatic heterocycles. The van der Waals surface area contributed by atoms with E-state index in [9.17, 15) is 4.57 Å². The summed E-state index contributed by atoms with van der Waals surface area (Å²) in [6.07, 6.45) is 0.451. The Morgan fingerprint density at radius 2 is 1.38 bits per heavy atom. The molecule has 2 rings (SSSR count). The van der Waals surface area contributed by atoms with Gasteiger partial charge in [-0.2, -0.15) is 0 Å². The minimum atomic E-state index is -1.64. The van der Waals surface area contributed by atoms with Crippen LogP contribution in [0.3, 0.4) is 0 Å². The van der Waals surface area contributed by atoms with Crippen molar-refractivity contribution in [2.75, 3.05) is 12.9 Å². The SMILES string of the molecule is CCO[P+](=O)CN(Cc1ccccc1)Cc1ccccc1. The molecular weight excluding hydrogens is 281 g/mol. The number of hydrogen-bond acceptors (Lipinski definition) is 3. The number of rotatable bonds is 8. The third-order valence-corrected chi connectivity index (χ3v) is 4.26. The average molecular weight is 302 g/mol. The van der Waals surface area contributed by atoms with Crippen LogP contribution in [0, 0.1) is 0 Å². The Balaban J connectivity index is 2.04. The first-order valence-electron chi connectivity index (χ1n) is 7.15. The van der Waals surface area contributed by atoms with Crippen LogP contribution in [0.1, 0.15) is 18.1 Å². The summed E-state index contributed by atoms with van der Waals surface area (Å²) >= 11 is 0. The van der Waals surface area contributed by atoms with Crippen molar-refractivity contribution in [1.29, 1.82) is 0 Å². The van der Waals surface area contributed by atoms with Gasteiger partial charge in [-0.3, -0.25) is 4.90 Å². The topological polar surface area (TPSA) is 29.5 Å². The van der Waals surface area contributed by atoms with Crippen LogP contribution in [0.5, 0.6) is 0 Å². The first-order valence-corrected chi connectivity index (χ1v) is 8.52. The lowest BCUT2D eigenvalue weighted by atomic mass is 10.2. The first-order chi connectivity index (χ1) is 10.3. The number of hydrogen-bond donors (Lipinski definition) is 0. The van der Waals surface area contributed by atoms with Gasteiger partial charge in [0.1, 0.15) is 0 Å². The highest BCUT2D eigenvalue weighted by molar-refractivity contribution is 7.39. The van der Waals surface area contributed by atoms with Crippen molar-refractivity contribution in [2.45, 2.75) is 20.0 Å². The van der Waals surface area contributed by atoms with E-state index in [1.54, 1.807) is 0 Å². The lowest BCUT2D eigenvalue weighted by molar-refractivity contribution is 0.274. The van der Waals surface area contributed by atoms with Crippen LogP contribution in [0.15, 0.2) is 60.7 Å². The van der Waals surface area contributed by atoms with Crippen LogP contribution < -0.4 is 0 Å². The Hall–Kier alpha value is -1.54. The van der Waals surface area contributed by atoms with Gasteiger partial charge in [0, 0.05) is 13.1 Å². The van der Waals surface area contributed by atoms with E-state index >= 15 is 0 Å². The summed E-state index contributed by atoms with van der Waals surface area (Å²) in [5.41, 5.74) is 2.43. The summed E-state index contributed by atoms with van der Waals surface area (Å²) in [4.78, 5) is 2.17. The molecule has 0 radical (unpaired) electrons. The summed E-state index contributed by atoms with van der Waals surface area (Å²) in [6.45, 7) is 3.89. The highest BCUT2D eigenvalue weighted by Crippen LogP contribution is 2.25. The lowest BCUT2D eigenvalue weighted by Gasteiger charge is -2.17. The molecule has 0 heterocycles. The summed E-state index contributed by atoms with van der Waals surface area (Å²) in [7, 11) is -1.64. The Kier molecular flexibility index (Phi) is 6.55. The second kappa shape index (κ2) is 8.68. The van der Waals surface area contributed by atoms with E-state index in [0.29, 0.717) is 12.9 Å². The van der Waals surface area contributed by atoms with E-state index in [-0.39, 0.29) is 0 Å². The molecule has 0 fully saturated rings. The zero-order chi connectivity index (χ0) is 14.9. The highest BCUT2D eigenvalue weighted by atomic mass is 31.1. The van der Waals surface area contributed by atoms with Gasteiger partial charge in [-0.1, -0.05) is 60.7 Å². The molecule has 0 N–H and O–H groups in total. The quantitative estimate of drug-likeness (QED) is 0.676. The van der Waals surface area contributed by atoms with Gasteiger partial charge in [-0.15, -0.1) is 4.52 Å². The monoisotopic (exact) mass is 302 g/mol. The van der Waals surface area contributed by atoms with Crippen molar-refractivity contribution < 1.29 is 9.09 Å². The maximum absolute atomic E-state index is 11.9. The van der Waals surface area contributed by atoms with Crippen molar-refractivity contribution in [3.8, 4) is 0 Å². The second-order valence-electron chi connectivity index (χ2n) is 4.85. The molecule has 0 aliphatic carbocycles. The lowest BCUT2D eigenvalue weighted by Crippen LogP contribution is -2.22. The fourth-order valence-corrected chi connectivity index (χ4v) is 3.08. The molecule has 4 heteroatoms. The van der Waals surface area contributed by atoms with Crippen LogP contribution in [0.25, 0.3) is 0 Å². The van der Waals surface area contributed by atoms with Crippen LogP contribution in [-0.4, -0.2) is 17.8 Å². The molecule has 0 spiro atoms. The summed E-state index contributed by atoms with van der Waals surface area (Å²) < 4.78 is 17.1. The molecule has 1 unspecified atom stereocenters. The normalized spacial score (nSPS) is 11.6. The Labute approximate surface area is 127 Å². The van der Waals surface area contributed by atoms with Crippen molar-refractivity contribution in [1.82, 2.24) is 4.90 Å². The van der Waals surface area contributed by atoms with Gasteiger partial charge < -0.3 is 0 Å². The molecular formula is C17H21NO2P+. The van der Waals surface area contributed by atoms with Gasteiger partial charge in [0.15, 0.2) is 0 Å². The molecule has 0 amide bonds. The van der Waals surface area contributed by atoms with Gasteiger partial charge in [-0.25, -0.2) is 0 Å². The van der Waals surface area contributed by atoms with Gasteiger partial charge in [-0.05, 0) is 22.6 Å². The van der Waals surface area contributed by atoms with Gasteiger partial charge in [0.05, 0.1) is 6.61 Å². The second-order valence-corrected chi connectivity index (χ2v) is 6.06. The maximum atomic E-state index is 11.9. The zero-order valence-corrected chi connectivity index (χ0v) is 13.2. The molecule has 0 saturated carbocycles. The van der Waals surface area contributed by atoms with E-state index in [4.69, 9.17) is 4.52 Å². The summed E-state index contributed by atoms with van der Waals surface area (Å²) in [5, 5.41) is 0. The molecule has 21 heavy (non-hydrogen) atoms. The fourth-order valence-electron chi connectivity index (χ4n) is 2.19. The third-order valence-electron chi connectivity index (χ3n) is 3.09. The minimum absolute atomic E-state index is 0.451. The number of benzene rings is 2. The Morgan fingerprint density at radius 3 is 1.81 bits per heavy atom. The highest BCUT2D eigenvalue weighted by Gasteiger charge is 2.22. The first kappa shape index (κ1) is 15.8. The largest absolute Gasteiger partial charge is 0.524 e. The van der Waals surface area contributed by atoms with E-state index in [1.165, 1.54) is 11.1 Å². The van der Waals surface area contributed by atoms with Crippen molar-refractivity contribution in [3.63, 3.8) is 0 Å². The molecule has 2 aromatic rings. The molecule has 0 aromatic heterocycles. The molecule has 110 valence electrons. The fraction of sp³-hybridized carbons (Fsp3) is 0.294.